The van der Waals surface area contributed by atoms with Gasteiger partial charge >= 0.3 is 6.03 Å². The summed E-state index contributed by atoms with van der Waals surface area (Å²) in [5.41, 5.74) is 3.72. The zero-order valence-corrected chi connectivity index (χ0v) is 10.9. The monoisotopic (exact) mass is 351 g/mol. The van der Waals surface area contributed by atoms with Crippen molar-refractivity contribution >= 4 is 44.1 Å². The molecule has 1 rings (SSSR count). The van der Waals surface area contributed by atoms with E-state index in [1.54, 1.807) is 12.1 Å². The Hall–Kier alpha value is -1.12. The molecule has 0 aliphatic rings. The van der Waals surface area contributed by atoms with Crippen LogP contribution in [0.4, 0.5) is 4.79 Å². The van der Waals surface area contributed by atoms with E-state index in [0.717, 1.165) is 4.47 Å². The van der Waals surface area contributed by atoms with Gasteiger partial charge in [-0.15, -0.1) is 0 Å². The Bertz CT molecular complexity index is 437. The molecule has 0 spiro atoms. The van der Waals surface area contributed by atoms with Crippen molar-refractivity contribution in [1.82, 2.24) is 10.9 Å². The quantitative estimate of drug-likeness (QED) is 0.372. The Morgan fingerprint density at radius 3 is 2.75 bits per heavy atom. The maximum absolute atomic E-state index is 10.6. The fourth-order valence-electron chi connectivity index (χ4n) is 0.870. The number of nitrogens with zero attached hydrogens (tertiary/aromatic N) is 1. The summed E-state index contributed by atoms with van der Waals surface area (Å²) in [6, 6.07) is 2.41. The highest BCUT2D eigenvalue weighted by Gasteiger charge is 2.05. The molecule has 0 atom stereocenters. The third-order valence-electron chi connectivity index (χ3n) is 1.53. The van der Waals surface area contributed by atoms with Gasteiger partial charge in [-0.1, -0.05) is 15.9 Å². The summed E-state index contributed by atoms with van der Waals surface area (Å²) < 4.78 is 1.24. The van der Waals surface area contributed by atoms with Gasteiger partial charge in [-0.3, -0.25) is 5.21 Å². The van der Waals surface area contributed by atoms with Crippen molar-refractivity contribution in [3.8, 4) is 5.75 Å². The van der Waals surface area contributed by atoms with Crippen LogP contribution in [0.5, 0.6) is 5.75 Å². The number of phenolic OH excluding ortho intramolecular Hbond substituents is 1. The Balaban J connectivity index is 2.85. The molecule has 1 aromatic carbocycles. The van der Waals surface area contributed by atoms with E-state index < -0.39 is 6.03 Å². The zero-order valence-electron chi connectivity index (χ0n) is 7.74. The molecule has 16 heavy (non-hydrogen) atoms. The van der Waals surface area contributed by atoms with Crippen molar-refractivity contribution < 1.29 is 15.1 Å². The fourth-order valence-corrected chi connectivity index (χ4v) is 2.13. The van der Waals surface area contributed by atoms with Crippen LogP contribution < -0.4 is 10.9 Å². The lowest BCUT2D eigenvalue weighted by Crippen LogP contribution is -2.29. The summed E-state index contributed by atoms with van der Waals surface area (Å²) in [4.78, 5) is 10.6. The van der Waals surface area contributed by atoms with E-state index in [9.17, 15) is 9.90 Å². The highest BCUT2D eigenvalue weighted by Crippen LogP contribution is 2.30. The van der Waals surface area contributed by atoms with Gasteiger partial charge < -0.3 is 5.11 Å². The number of hydrogen-bond acceptors (Lipinski definition) is 4. The second-order valence-corrected chi connectivity index (χ2v) is 4.41. The van der Waals surface area contributed by atoms with Gasteiger partial charge in [-0.05, 0) is 28.1 Å². The van der Waals surface area contributed by atoms with E-state index in [2.05, 4.69) is 37.0 Å². The van der Waals surface area contributed by atoms with Crippen LogP contribution in [0.15, 0.2) is 26.2 Å². The molecule has 0 fully saturated rings. The molecule has 0 saturated heterocycles. The Morgan fingerprint density at radius 1 is 1.44 bits per heavy atom. The number of nitrogens with one attached hydrogen (secondary N) is 2. The van der Waals surface area contributed by atoms with Gasteiger partial charge in [0.15, 0.2) is 0 Å². The summed E-state index contributed by atoms with van der Waals surface area (Å²) in [7, 11) is 0. The number of phenols is 1. The minimum atomic E-state index is -0.871. The molecule has 1 aromatic rings. The van der Waals surface area contributed by atoms with Crippen molar-refractivity contribution in [3.63, 3.8) is 0 Å². The first-order valence-electron chi connectivity index (χ1n) is 3.95. The van der Waals surface area contributed by atoms with Gasteiger partial charge in [0.05, 0.1) is 10.7 Å². The van der Waals surface area contributed by atoms with Crippen molar-refractivity contribution in [3.05, 3.63) is 26.6 Å². The summed E-state index contributed by atoms with van der Waals surface area (Å²) in [6.45, 7) is 0. The molecule has 4 N–H and O–H groups in total. The molecule has 86 valence electrons. The molecule has 0 bridgehead atoms. The molecule has 0 saturated carbocycles. The highest BCUT2D eigenvalue weighted by molar-refractivity contribution is 9.11. The fraction of sp³-hybridized carbons (Fsp3) is 0. The Morgan fingerprint density at radius 2 is 2.12 bits per heavy atom. The minimum absolute atomic E-state index is 0.00171. The first-order valence-corrected chi connectivity index (χ1v) is 5.54. The standard InChI is InChI=1S/C8H7Br2N3O3/c9-5-1-4(7(14)6(10)2-5)3-11-12-8(15)13-16/h1-3,14,16H,(H2,12,13,15)/b11-3+. The second-order valence-electron chi connectivity index (χ2n) is 2.64. The first kappa shape index (κ1) is 12.9. The predicted molar refractivity (Wildman–Crippen MR) is 64.6 cm³/mol. The van der Waals surface area contributed by atoms with Crippen LogP contribution in [0.25, 0.3) is 0 Å². The lowest BCUT2D eigenvalue weighted by molar-refractivity contribution is 0.162. The first-order chi connectivity index (χ1) is 7.54. The molecule has 0 heterocycles. The lowest BCUT2D eigenvalue weighted by atomic mass is 10.2. The SMILES string of the molecule is O=C(NO)N/N=C/c1cc(Br)cc(Br)c1O. The van der Waals surface area contributed by atoms with Crippen LogP contribution in [0.1, 0.15) is 5.56 Å². The van der Waals surface area contributed by atoms with Crippen molar-refractivity contribution in [2.75, 3.05) is 0 Å². The predicted octanol–water partition coefficient (Wildman–Crippen LogP) is 1.94. The number of carbonyl (C=O) groups is 1. The van der Waals surface area contributed by atoms with E-state index in [1.807, 2.05) is 5.43 Å². The number of benzene rings is 1. The van der Waals surface area contributed by atoms with E-state index in [-0.39, 0.29) is 5.75 Å². The van der Waals surface area contributed by atoms with Gasteiger partial charge in [-0.25, -0.2) is 15.7 Å². The van der Waals surface area contributed by atoms with Gasteiger partial charge in [0.25, 0.3) is 0 Å². The zero-order chi connectivity index (χ0) is 12.1. The van der Waals surface area contributed by atoms with E-state index >= 15 is 0 Å². The molecular weight excluding hydrogens is 346 g/mol. The lowest BCUT2D eigenvalue weighted by Gasteiger charge is -2.02. The molecular formula is C8H7Br2N3O3. The van der Waals surface area contributed by atoms with Crippen LogP contribution in [0.3, 0.4) is 0 Å². The van der Waals surface area contributed by atoms with Gasteiger partial charge in [0.1, 0.15) is 5.75 Å². The summed E-state index contributed by atoms with van der Waals surface area (Å²) in [5, 5.41) is 21.3. The highest BCUT2D eigenvalue weighted by atomic mass is 79.9. The number of rotatable bonds is 2. The molecule has 0 aliphatic heterocycles. The number of urea groups is 1. The van der Waals surface area contributed by atoms with Gasteiger partial charge in [0.2, 0.25) is 0 Å². The van der Waals surface area contributed by atoms with Crippen LogP contribution in [-0.4, -0.2) is 22.6 Å². The third kappa shape index (κ3) is 3.47. The molecule has 0 aromatic heterocycles. The van der Waals surface area contributed by atoms with Crippen molar-refractivity contribution in [1.29, 1.82) is 0 Å². The van der Waals surface area contributed by atoms with Gasteiger partial charge in [-0.2, -0.15) is 5.10 Å². The average molecular weight is 353 g/mol. The Labute approximate surface area is 108 Å². The summed E-state index contributed by atoms with van der Waals surface area (Å²) in [5.74, 6) is -0.00171. The largest absolute Gasteiger partial charge is 0.506 e. The normalized spacial score (nSPS) is 10.4. The number of amides is 2. The van der Waals surface area contributed by atoms with Crippen LogP contribution >= 0.6 is 31.9 Å². The number of hydrogen-bond donors (Lipinski definition) is 4. The van der Waals surface area contributed by atoms with Crippen molar-refractivity contribution in [2.45, 2.75) is 0 Å². The maximum atomic E-state index is 10.6. The molecule has 6 nitrogen and oxygen atoms in total. The number of halogens is 2. The second kappa shape index (κ2) is 5.83. The average Bonchev–Trinajstić information content (AvgIpc) is 2.24. The van der Waals surface area contributed by atoms with Crippen LogP contribution in [0, 0.1) is 0 Å². The van der Waals surface area contributed by atoms with Crippen LogP contribution in [0.2, 0.25) is 0 Å². The van der Waals surface area contributed by atoms with Crippen LogP contribution in [-0.2, 0) is 0 Å². The Kier molecular flexibility index (Phi) is 4.71. The number of hydrazone groups is 1. The number of aromatic hydroxyl groups is 1. The van der Waals surface area contributed by atoms with E-state index in [0.29, 0.717) is 10.0 Å². The smallest absolute Gasteiger partial charge is 0.358 e. The minimum Gasteiger partial charge on any atom is -0.506 e. The topological polar surface area (TPSA) is 94.0 Å². The molecule has 0 aliphatic carbocycles. The molecule has 0 radical (unpaired) electrons. The number of carbonyl (C=O) groups excluding carboxylic acids is 1. The third-order valence-corrected chi connectivity index (χ3v) is 2.59. The van der Waals surface area contributed by atoms with Gasteiger partial charge in [0, 0.05) is 10.0 Å². The summed E-state index contributed by atoms with van der Waals surface area (Å²) >= 11 is 6.39. The summed E-state index contributed by atoms with van der Waals surface area (Å²) in [6.07, 6.45) is 1.24. The molecule has 8 heteroatoms. The number of hydroxylamine groups is 1. The molecule has 2 amide bonds. The van der Waals surface area contributed by atoms with E-state index in [4.69, 9.17) is 5.21 Å². The molecule has 0 unspecified atom stereocenters. The maximum Gasteiger partial charge on any atom is 0.358 e. The van der Waals surface area contributed by atoms with Crippen molar-refractivity contribution in [2.24, 2.45) is 5.10 Å². The van der Waals surface area contributed by atoms with E-state index in [1.165, 1.54) is 11.7 Å².